The Kier molecular flexibility index (Phi) is 4.25. The second-order valence-corrected chi connectivity index (χ2v) is 6.30. The molecule has 0 bridgehead atoms. The molecule has 0 unspecified atom stereocenters. The molecule has 2 N–H and O–H groups in total. The van der Waals surface area contributed by atoms with Crippen LogP contribution in [0.15, 0.2) is 28.7 Å². The first-order chi connectivity index (χ1) is 9.38. The van der Waals surface area contributed by atoms with Gasteiger partial charge >= 0.3 is 5.97 Å². The van der Waals surface area contributed by atoms with E-state index in [0.29, 0.717) is 10.6 Å². The first-order valence-electron chi connectivity index (χ1n) is 5.79. The van der Waals surface area contributed by atoms with E-state index in [-0.39, 0.29) is 10.8 Å². The summed E-state index contributed by atoms with van der Waals surface area (Å²) in [6.45, 7) is 3.88. The van der Waals surface area contributed by atoms with E-state index in [1.807, 2.05) is 26.0 Å². The van der Waals surface area contributed by atoms with Gasteiger partial charge in [0.1, 0.15) is 4.88 Å². The summed E-state index contributed by atoms with van der Waals surface area (Å²) in [4.78, 5) is 23.5. The zero-order valence-electron chi connectivity index (χ0n) is 10.9. The van der Waals surface area contributed by atoms with Crippen LogP contribution in [0, 0.1) is 13.8 Å². The van der Waals surface area contributed by atoms with E-state index in [4.69, 9.17) is 5.11 Å². The topological polar surface area (TPSA) is 66.4 Å². The van der Waals surface area contributed by atoms with Crippen molar-refractivity contribution in [3.8, 4) is 0 Å². The highest BCUT2D eigenvalue weighted by atomic mass is 79.9. The fraction of sp³-hybridized carbons (Fsp3) is 0.143. The number of thiophene rings is 1. The van der Waals surface area contributed by atoms with Crippen molar-refractivity contribution in [2.75, 3.05) is 5.32 Å². The minimum atomic E-state index is -1.03. The average Bonchev–Trinajstić information content (AvgIpc) is 2.83. The summed E-state index contributed by atoms with van der Waals surface area (Å²) in [5, 5.41) is 11.7. The molecule has 1 aromatic carbocycles. The number of carbonyl (C=O) groups excluding carboxylic acids is 1. The van der Waals surface area contributed by atoms with Crippen LogP contribution in [-0.2, 0) is 0 Å². The zero-order valence-corrected chi connectivity index (χ0v) is 13.3. The Morgan fingerprint density at radius 2 is 1.85 bits per heavy atom. The summed E-state index contributed by atoms with van der Waals surface area (Å²) in [5.41, 5.74) is 2.74. The second kappa shape index (κ2) is 5.76. The van der Waals surface area contributed by atoms with Gasteiger partial charge in [0.25, 0.3) is 5.91 Å². The van der Waals surface area contributed by atoms with Crippen LogP contribution in [0.25, 0.3) is 0 Å². The average molecular weight is 354 g/mol. The van der Waals surface area contributed by atoms with E-state index in [1.54, 1.807) is 0 Å². The molecule has 0 spiro atoms. The van der Waals surface area contributed by atoms with E-state index in [2.05, 4.69) is 21.2 Å². The number of aryl methyl sites for hydroxylation is 2. The van der Waals surface area contributed by atoms with E-state index < -0.39 is 5.97 Å². The number of hydrogen-bond donors (Lipinski definition) is 2. The van der Waals surface area contributed by atoms with Gasteiger partial charge in [0.2, 0.25) is 0 Å². The Morgan fingerprint density at radius 1 is 1.20 bits per heavy atom. The van der Waals surface area contributed by atoms with Crippen molar-refractivity contribution in [3.63, 3.8) is 0 Å². The number of benzene rings is 1. The van der Waals surface area contributed by atoms with Crippen molar-refractivity contribution in [3.05, 3.63) is 49.6 Å². The lowest BCUT2D eigenvalue weighted by molar-refractivity contribution is 0.0702. The number of amides is 1. The smallest absolute Gasteiger partial charge is 0.345 e. The Labute approximate surface area is 128 Å². The molecule has 0 aliphatic rings. The molecule has 0 atom stereocenters. The maximum Gasteiger partial charge on any atom is 0.345 e. The van der Waals surface area contributed by atoms with E-state index in [9.17, 15) is 9.59 Å². The van der Waals surface area contributed by atoms with Crippen LogP contribution in [0.1, 0.15) is 30.5 Å². The van der Waals surface area contributed by atoms with Crippen LogP contribution in [0.5, 0.6) is 0 Å². The van der Waals surface area contributed by atoms with Crippen LogP contribution in [-0.4, -0.2) is 17.0 Å². The number of carbonyl (C=O) groups is 2. The minimum Gasteiger partial charge on any atom is -0.477 e. The highest BCUT2D eigenvalue weighted by Gasteiger charge is 2.15. The molecule has 0 saturated heterocycles. The molecule has 0 saturated carbocycles. The summed E-state index contributed by atoms with van der Waals surface area (Å²) >= 11 is 4.38. The van der Waals surface area contributed by atoms with Crippen molar-refractivity contribution in [1.29, 1.82) is 0 Å². The Morgan fingerprint density at radius 3 is 2.40 bits per heavy atom. The first-order valence-corrected chi connectivity index (χ1v) is 7.40. The summed E-state index contributed by atoms with van der Waals surface area (Å²) in [5.74, 6) is -1.34. The van der Waals surface area contributed by atoms with Gasteiger partial charge < -0.3 is 10.4 Å². The molecule has 104 valence electrons. The second-order valence-electron chi connectivity index (χ2n) is 4.36. The molecular formula is C14H12BrNO3S. The fourth-order valence-corrected chi connectivity index (χ4v) is 3.34. The van der Waals surface area contributed by atoms with E-state index in [1.165, 1.54) is 12.1 Å². The third-order valence-corrected chi connectivity index (χ3v) is 4.41. The van der Waals surface area contributed by atoms with Crippen LogP contribution in [0.4, 0.5) is 5.69 Å². The predicted octanol–water partition coefficient (Wildman–Crippen LogP) is 4.08. The zero-order chi connectivity index (χ0) is 14.9. The molecule has 1 aromatic heterocycles. The lowest BCUT2D eigenvalue weighted by Gasteiger charge is -2.11. The number of nitrogens with one attached hydrogen (secondary N) is 1. The summed E-state index contributed by atoms with van der Waals surface area (Å²) in [7, 11) is 0. The van der Waals surface area contributed by atoms with Gasteiger partial charge in [0, 0.05) is 4.47 Å². The SMILES string of the molecule is Cc1cc(C)c(NC(=O)c2ccc(C(=O)O)s2)c(Br)c1. The molecule has 1 amide bonds. The third-order valence-electron chi connectivity index (χ3n) is 2.71. The molecule has 1 heterocycles. The third kappa shape index (κ3) is 3.08. The number of hydrogen-bond acceptors (Lipinski definition) is 3. The first kappa shape index (κ1) is 14.7. The number of rotatable bonds is 3. The number of aromatic carboxylic acids is 1. The van der Waals surface area contributed by atoms with Crippen LogP contribution < -0.4 is 5.32 Å². The van der Waals surface area contributed by atoms with Gasteiger partial charge in [0.15, 0.2) is 0 Å². The summed E-state index contributed by atoms with van der Waals surface area (Å²) in [6.07, 6.45) is 0. The minimum absolute atomic E-state index is 0.148. The van der Waals surface area contributed by atoms with Gasteiger partial charge in [-0.15, -0.1) is 11.3 Å². The van der Waals surface area contributed by atoms with Crippen molar-refractivity contribution in [2.45, 2.75) is 13.8 Å². The summed E-state index contributed by atoms with van der Waals surface area (Å²) < 4.78 is 0.804. The Hall–Kier alpha value is -1.66. The maximum atomic E-state index is 12.1. The van der Waals surface area contributed by atoms with Crippen molar-refractivity contribution in [1.82, 2.24) is 0 Å². The summed E-state index contributed by atoms with van der Waals surface area (Å²) in [6, 6.07) is 6.83. The fourth-order valence-electron chi connectivity index (χ4n) is 1.82. The van der Waals surface area contributed by atoms with E-state index >= 15 is 0 Å². The number of carboxylic acid groups (broad SMARTS) is 1. The lowest BCUT2D eigenvalue weighted by Crippen LogP contribution is -2.11. The normalized spacial score (nSPS) is 10.3. The van der Waals surface area contributed by atoms with E-state index in [0.717, 1.165) is 26.9 Å². The van der Waals surface area contributed by atoms with Gasteiger partial charge in [-0.3, -0.25) is 4.79 Å². The number of halogens is 1. The number of anilines is 1. The molecule has 0 fully saturated rings. The molecule has 6 heteroatoms. The van der Waals surface area contributed by atoms with Crippen molar-refractivity contribution in [2.24, 2.45) is 0 Å². The molecule has 2 aromatic rings. The standard InChI is InChI=1S/C14H12BrNO3S/c1-7-5-8(2)12(9(15)6-7)16-13(17)10-3-4-11(20-10)14(18)19/h3-6H,1-2H3,(H,16,17)(H,18,19). The van der Waals surface area contributed by atoms with Gasteiger partial charge in [0.05, 0.1) is 10.6 Å². The predicted molar refractivity (Wildman–Crippen MR) is 82.8 cm³/mol. The largest absolute Gasteiger partial charge is 0.477 e. The van der Waals surface area contributed by atoms with Crippen LogP contribution in [0.2, 0.25) is 0 Å². The molecular weight excluding hydrogens is 342 g/mol. The van der Waals surface area contributed by atoms with Crippen molar-refractivity contribution < 1.29 is 14.7 Å². The van der Waals surface area contributed by atoms with Crippen LogP contribution >= 0.6 is 27.3 Å². The molecule has 2 rings (SSSR count). The molecule has 0 radical (unpaired) electrons. The quantitative estimate of drug-likeness (QED) is 0.873. The number of carboxylic acids is 1. The Bertz CT molecular complexity index is 670. The monoisotopic (exact) mass is 353 g/mol. The highest BCUT2D eigenvalue weighted by molar-refractivity contribution is 9.10. The Balaban J connectivity index is 2.25. The molecule has 0 aliphatic heterocycles. The van der Waals surface area contributed by atoms with Gasteiger partial charge in [-0.2, -0.15) is 0 Å². The molecule has 0 aliphatic carbocycles. The maximum absolute atomic E-state index is 12.1. The van der Waals surface area contributed by atoms with Gasteiger partial charge in [-0.25, -0.2) is 4.79 Å². The van der Waals surface area contributed by atoms with Gasteiger partial charge in [-0.1, -0.05) is 6.07 Å². The highest BCUT2D eigenvalue weighted by Crippen LogP contribution is 2.29. The van der Waals surface area contributed by atoms with Crippen LogP contribution in [0.3, 0.4) is 0 Å². The molecule has 20 heavy (non-hydrogen) atoms. The van der Waals surface area contributed by atoms with Crippen molar-refractivity contribution >= 4 is 44.8 Å². The molecule has 4 nitrogen and oxygen atoms in total. The van der Waals surface area contributed by atoms with Gasteiger partial charge in [-0.05, 0) is 59.1 Å². The lowest BCUT2D eigenvalue weighted by atomic mass is 10.1.